The van der Waals surface area contributed by atoms with Gasteiger partial charge in [-0.05, 0) is 29.8 Å². The van der Waals surface area contributed by atoms with Crippen LogP contribution in [0.4, 0.5) is 10.1 Å². The van der Waals surface area contributed by atoms with E-state index in [1.807, 2.05) is 35.2 Å². The quantitative estimate of drug-likeness (QED) is 0.781. The number of aliphatic imine (C=N–C) groups is 1. The maximum Gasteiger partial charge on any atom is 0.164 e. The lowest BCUT2D eigenvalue weighted by Crippen LogP contribution is -2.39. The van der Waals surface area contributed by atoms with Crippen LogP contribution in [0.3, 0.4) is 0 Å². The molecule has 0 amide bonds. The zero-order chi connectivity index (χ0) is 19.0. The van der Waals surface area contributed by atoms with Gasteiger partial charge in [0.1, 0.15) is 11.6 Å². The van der Waals surface area contributed by atoms with Gasteiger partial charge < -0.3 is 9.64 Å². The molecule has 1 saturated heterocycles. The van der Waals surface area contributed by atoms with E-state index < -0.39 is 9.84 Å². The molecule has 0 aromatic heterocycles. The molecule has 27 heavy (non-hydrogen) atoms. The fraction of sp³-hybridized carbons (Fsp3) is 0.316. The molecule has 142 valence electrons. The molecule has 0 saturated carbocycles. The summed E-state index contributed by atoms with van der Waals surface area (Å²) in [6, 6.07) is 13.5. The van der Waals surface area contributed by atoms with E-state index in [4.69, 9.17) is 4.74 Å². The lowest BCUT2D eigenvalue weighted by molar-refractivity contribution is 0.415. The first-order valence-electron chi connectivity index (χ1n) is 8.54. The largest absolute Gasteiger partial charge is 0.497 e. The molecule has 2 aliphatic heterocycles. The molecule has 0 aliphatic carbocycles. The number of methoxy groups -OCH3 is 1. The van der Waals surface area contributed by atoms with Gasteiger partial charge in [-0.25, -0.2) is 12.8 Å². The number of nitrogens with zero attached hydrogens (tertiary/aromatic N) is 2. The summed E-state index contributed by atoms with van der Waals surface area (Å²) in [5, 5.41) is 0.761. The number of benzene rings is 2. The number of hydrogen-bond donors (Lipinski definition) is 0. The predicted molar refractivity (Wildman–Crippen MR) is 107 cm³/mol. The summed E-state index contributed by atoms with van der Waals surface area (Å²) in [6.07, 6.45) is 0. The first-order chi connectivity index (χ1) is 12.9. The van der Waals surface area contributed by atoms with E-state index in [9.17, 15) is 12.8 Å². The van der Waals surface area contributed by atoms with E-state index in [1.165, 1.54) is 23.9 Å². The maximum absolute atomic E-state index is 13.4. The minimum Gasteiger partial charge on any atom is -0.497 e. The fourth-order valence-corrected chi connectivity index (χ4v) is 6.38. The summed E-state index contributed by atoms with van der Waals surface area (Å²) in [7, 11) is -1.50. The van der Waals surface area contributed by atoms with Crippen molar-refractivity contribution in [3.63, 3.8) is 0 Å². The zero-order valence-electron chi connectivity index (χ0n) is 14.7. The smallest absolute Gasteiger partial charge is 0.164 e. The van der Waals surface area contributed by atoms with E-state index >= 15 is 0 Å². The maximum atomic E-state index is 13.4. The highest BCUT2D eigenvalue weighted by Crippen LogP contribution is 2.37. The molecule has 4 rings (SSSR count). The van der Waals surface area contributed by atoms with Crippen molar-refractivity contribution >= 4 is 32.5 Å². The minimum absolute atomic E-state index is 0.0716. The van der Waals surface area contributed by atoms with Crippen LogP contribution in [-0.4, -0.2) is 44.3 Å². The van der Waals surface area contributed by atoms with Gasteiger partial charge in [-0.2, -0.15) is 0 Å². The van der Waals surface area contributed by atoms with Gasteiger partial charge in [-0.15, -0.1) is 0 Å². The van der Waals surface area contributed by atoms with Crippen LogP contribution in [0.2, 0.25) is 0 Å². The molecule has 0 N–H and O–H groups in total. The number of ether oxygens (including phenoxy) is 1. The Labute approximate surface area is 162 Å². The second-order valence-electron chi connectivity index (χ2n) is 6.61. The molecule has 2 aromatic carbocycles. The van der Waals surface area contributed by atoms with Crippen molar-refractivity contribution in [1.82, 2.24) is 0 Å². The van der Waals surface area contributed by atoms with Crippen LogP contribution in [0.25, 0.3) is 0 Å². The molecule has 2 atom stereocenters. The Morgan fingerprint density at radius 2 is 2.04 bits per heavy atom. The second-order valence-corrected chi connectivity index (χ2v) is 9.71. The Balaban J connectivity index is 1.63. The van der Waals surface area contributed by atoms with Crippen LogP contribution in [0, 0.1) is 5.82 Å². The van der Waals surface area contributed by atoms with Crippen LogP contribution in [-0.2, 0) is 15.6 Å². The van der Waals surface area contributed by atoms with Gasteiger partial charge in [0.25, 0.3) is 0 Å². The molecular formula is C19H19FN2O3S2. The van der Waals surface area contributed by atoms with Gasteiger partial charge in [-0.1, -0.05) is 30.0 Å². The molecule has 0 radical (unpaired) electrons. The van der Waals surface area contributed by atoms with E-state index in [1.54, 1.807) is 13.2 Å². The number of hydrogen-bond acceptors (Lipinski definition) is 6. The summed E-state index contributed by atoms with van der Waals surface area (Å²) in [5.74, 6) is 1.15. The van der Waals surface area contributed by atoms with Crippen molar-refractivity contribution in [2.75, 3.05) is 23.5 Å². The number of fused-ring (bicyclic) bond motifs is 1. The Morgan fingerprint density at radius 1 is 1.22 bits per heavy atom. The Morgan fingerprint density at radius 3 is 2.81 bits per heavy atom. The monoisotopic (exact) mass is 406 g/mol. The minimum atomic E-state index is -3.10. The van der Waals surface area contributed by atoms with E-state index in [-0.39, 0.29) is 29.4 Å². The first-order valence-corrected chi connectivity index (χ1v) is 11.3. The molecule has 8 heteroatoms. The number of sulfone groups is 1. The Kier molecular flexibility index (Phi) is 4.86. The van der Waals surface area contributed by atoms with Gasteiger partial charge in [0, 0.05) is 17.5 Å². The summed E-state index contributed by atoms with van der Waals surface area (Å²) in [4.78, 5) is 6.68. The number of halogens is 1. The Bertz CT molecular complexity index is 994. The molecule has 2 aromatic rings. The zero-order valence-corrected chi connectivity index (χ0v) is 16.3. The first kappa shape index (κ1) is 18.3. The molecule has 2 heterocycles. The molecule has 1 fully saturated rings. The number of anilines is 1. The van der Waals surface area contributed by atoms with Crippen LogP contribution >= 0.6 is 11.8 Å². The van der Waals surface area contributed by atoms with Crippen molar-refractivity contribution in [2.24, 2.45) is 4.99 Å². The lowest BCUT2D eigenvalue weighted by atomic mass is 10.1. The van der Waals surface area contributed by atoms with E-state index in [2.05, 4.69) is 4.99 Å². The summed E-state index contributed by atoms with van der Waals surface area (Å²) < 4.78 is 42.9. The average Bonchev–Trinajstić information content (AvgIpc) is 3.11. The molecule has 5 nitrogen and oxygen atoms in total. The van der Waals surface area contributed by atoms with Gasteiger partial charge >= 0.3 is 0 Å². The summed E-state index contributed by atoms with van der Waals surface area (Å²) in [5.41, 5.74) is 1.71. The highest BCUT2D eigenvalue weighted by molar-refractivity contribution is 8.13. The number of thioether (sulfide) groups is 1. The number of amidine groups is 1. The predicted octanol–water partition coefficient (Wildman–Crippen LogP) is 3.11. The topological polar surface area (TPSA) is 59.0 Å². The molecular weight excluding hydrogens is 387 g/mol. The summed E-state index contributed by atoms with van der Waals surface area (Å²) in [6.45, 7) is 0. The SMILES string of the molecule is COc1cccc(N2C(SCc3cccc(F)c3)=NC3CS(=O)(=O)CC32)c1. The third kappa shape index (κ3) is 3.82. The standard InChI is InChI=1S/C19H19FN2O3S2/c1-25-16-7-3-6-15(9-16)22-18-12-27(23,24)11-17(18)21-19(22)26-10-13-4-2-5-14(20)8-13/h2-9,17-18H,10-12H2,1H3. The molecule has 2 aliphatic rings. The van der Waals surface area contributed by atoms with Crippen molar-refractivity contribution in [3.05, 3.63) is 59.9 Å². The summed E-state index contributed by atoms with van der Waals surface area (Å²) >= 11 is 1.49. The van der Waals surface area contributed by atoms with Gasteiger partial charge in [0.2, 0.25) is 0 Å². The van der Waals surface area contributed by atoms with E-state index in [0.717, 1.165) is 16.4 Å². The van der Waals surface area contributed by atoms with Crippen molar-refractivity contribution in [3.8, 4) is 5.75 Å². The van der Waals surface area contributed by atoms with Crippen LogP contribution in [0.1, 0.15) is 5.56 Å². The van der Waals surface area contributed by atoms with Gasteiger partial charge in [-0.3, -0.25) is 4.99 Å². The fourth-order valence-electron chi connectivity index (χ4n) is 3.47. The highest BCUT2D eigenvalue weighted by Gasteiger charge is 2.47. The van der Waals surface area contributed by atoms with Crippen LogP contribution in [0.15, 0.2) is 53.5 Å². The third-order valence-electron chi connectivity index (χ3n) is 4.70. The molecule has 2 unspecified atom stereocenters. The average molecular weight is 407 g/mol. The normalized spacial score (nSPS) is 23.2. The van der Waals surface area contributed by atoms with Crippen molar-refractivity contribution in [2.45, 2.75) is 17.8 Å². The van der Waals surface area contributed by atoms with Crippen molar-refractivity contribution < 1.29 is 17.5 Å². The van der Waals surface area contributed by atoms with Gasteiger partial charge in [0.05, 0.1) is 30.7 Å². The van der Waals surface area contributed by atoms with Crippen LogP contribution < -0.4 is 9.64 Å². The molecule has 0 spiro atoms. The third-order valence-corrected chi connectivity index (χ3v) is 7.43. The lowest BCUT2D eigenvalue weighted by Gasteiger charge is -2.26. The number of rotatable bonds is 4. The second kappa shape index (κ2) is 7.16. The van der Waals surface area contributed by atoms with Crippen LogP contribution in [0.5, 0.6) is 5.75 Å². The highest BCUT2D eigenvalue weighted by atomic mass is 32.2. The van der Waals surface area contributed by atoms with E-state index in [0.29, 0.717) is 11.5 Å². The Hall–Kier alpha value is -2.06. The molecule has 0 bridgehead atoms. The van der Waals surface area contributed by atoms with Crippen molar-refractivity contribution in [1.29, 1.82) is 0 Å². The van der Waals surface area contributed by atoms with Gasteiger partial charge in [0.15, 0.2) is 15.0 Å².